The molecule has 0 fully saturated rings. The van der Waals surface area contributed by atoms with Crippen LogP contribution >= 0.6 is 15.9 Å². The van der Waals surface area contributed by atoms with E-state index >= 15 is 0 Å². The standard InChI is InChI=1S/C10H9BrN2O/c1-2-10(14)13-9-4-3-7(6-12)5-8(9)11/h3-5H,2H2,1H3,(H,13,14). The third kappa shape index (κ3) is 2.57. The van der Waals surface area contributed by atoms with Crippen LogP contribution < -0.4 is 5.32 Å². The second-order valence-electron chi connectivity index (χ2n) is 2.71. The van der Waals surface area contributed by atoms with Crippen LogP contribution in [0.3, 0.4) is 0 Å². The van der Waals surface area contributed by atoms with E-state index in [1.165, 1.54) is 0 Å². The second kappa shape index (κ2) is 4.77. The lowest BCUT2D eigenvalue weighted by atomic mass is 10.2. The Labute approximate surface area is 90.9 Å². The molecule has 0 aliphatic carbocycles. The lowest BCUT2D eigenvalue weighted by Gasteiger charge is -2.05. The van der Waals surface area contributed by atoms with E-state index in [1.807, 2.05) is 6.07 Å². The van der Waals surface area contributed by atoms with Gasteiger partial charge in [0, 0.05) is 10.9 Å². The Bertz CT molecular complexity index is 396. The molecule has 0 aromatic heterocycles. The summed E-state index contributed by atoms with van der Waals surface area (Å²) in [6.07, 6.45) is 0.437. The first-order valence-corrected chi connectivity index (χ1v) is 4.96. The van der Waals surface area contributed by atoms with Crippen LogP contribution in [0.5, 0.6) is 0 Å². The number of amides is 1. The highest BCUT2D eigenvalue weighted by molar-refractivity contribution is 9.10. The molecule has 1 aromatic carbocycles. The van der Waals surface area contributed by atoms with Crippen molar-refractivity contribution in [2.24, 2.45) is 0 Å². The molecule has 4 heteroatoms. The molecule has 1 aromatic rings. The summed E-state index contributed by atoms with van der Waals surface area (Å²) < 4.78 is 0.721. The van der Waals surface area contributed by atoms with E-state index in [2.05, 4.69) is 21.2 Å². The molecule has 14 heavy (non-hydrogen) atoms. The predicted octanol–water partition coefficient (Wildman–Crippen LogP) is 2.67. The van der Waals surface area contributed by atoms with E-state index in [1.54, 1.807) is 25.1 Å². The zero-order valence-corrected chi connectivity index (χ0v) is 9.26. The van der Waals surface area contributed by atoms with E-state index in [9.17, 15) is 4.79 Å². The van der Waals surface area contributed by atoms with Gasteiger partial charge < -0.3 is 5.32 Å². The van der Waals surface area contributed by atoms with Crippen molar-refractivity contribution in [1.29, 1.82) is 5.26 Å². The zero-order valence-electron chi connectivity index (χ0n) is 7.67. The summed E-state index contributed by atoms with van der Waals surface area (Å²) in [5, 5.41) is 11.3. The van der Waals surface area contributed by atoms with Crippen LogP contribution in [0.15, 0.2) is 22.7 Å². The van der Waals surface area contributed by atoms with Crippen LogP contribution in [0.25, 0.3) is 0 Å². The normalized spacial score (nSPS) is 9.21. The molecule has 0 radical (unpaired) electrons. The van der Waals surface area contributed by atoms with Crippen LogP contribution in [0.1, 0.15) is 18.9 Å². The third-order valence-electron chi connectivity index (χ3n) is 1.69. The number of halogens is 1. The van der Waals surface area contributed by atoms with E-state index in [-0.39, 0.29) is 5.91 Å². The van der Waals surface area contributed by atoms with Crippen LogP contribution in [0.4, 0.5) is 5.69 Å². The average Bonchev–Trinajstić information content (AvgIpc) is 2.20. The lowest BCUT2D eigenvalue weighted by molar-refractivity contribution is -0.115. The SMILES string of the molecule is CCC(=O)Nc1ccc(C#N)cc1Br. The summed E-state index contributed by atoms with van der Waals surface area (Å²) in [6, 6.07) is 7.06. The Kier molecular flexibility index (Phi) is 3.66. The molecule has 0 spiro atoms. The van der Waals surface area contributed by atoms with Gasteiger partial charge >= 0.3 is 0 Å². The summed E-state index contributed by atoms with van der Waals surface area (Å²) in [5.74, 6) is -0.0459. The van der Waals surface area contributed by atoms with E-state index in [4.69, 9.17) is 5.26 Å². The lowest BCUT2D eigenvalue weighted by Crippen LogP contribution is -2.09. The first kappa shape index (κ1) is 10.7. The molecule has 0 aliphatic rings. The topological polar surface area (TPSA) is 52.9 Å². The molecule has 0 heterocycles. The molecule has 0 bridgehead atoms. The zero-order chi connectivity index (χ0) is 10.6. The number of hydrogen-bond donors (Lipinski definition) is 1. The average molecular weight is 253 g/mol. The number of nitrogens with zero attached hydrogens (tertiary/aromatic N) is 1. The summed E-state index contributed by atoms with van der Waals surface area (Å²) in [6.45, 7) is 1.78. The van der Waals surface area contributed by atoms with Gasteiger partial charge in [0.1, 0.15) is 0 Å². The van der Waals surface area contributed by atoms with Crippen LogP contribution in [0, 0.1) is 11.3 Å². The highest BCUT2D eigenvalue weighted by Gasteiger charge is 2.03. The summed E-state index contributed by atoms with van der Waals surface area (Å²) in [7, 11) is 0. The van der Waals surface area contributed by atoms with Gasteiger partial charge in [0.25, 0.3) is 0 Å². The van der Waals surface area contributed by atoms with Crippen molar-refractivity contribution in [2.75, 3.05) is 5.32 Å². The minimum atomic E-state index is -0.0459. The van der Waals surface area contributed by atoms with Gasteiger partial charge in [0.2, 0.25) is 5.91 Å². The molecular formula is C10H9BrN2O. The van der Waals surface area contributed by atoms with E-state index in [0.717, 1.165) is 4.47 Å². The first-order valence-electron chi connectivity index (χ1n) is 4.17. The molecule has 3 nitrogen and oxygen atoms in total. The second-order valence-corrected chi connectivity index (χ2v) is 3.56. The number of hydrogen-bond acceptors (Lipinski definition) is 2. The van der Waals surface area contributed by atoms with Gasteiger partial charge in [-0.15, -0.1) is 0 Å². The smallest absolute Gasteiger partial charge is 0.224 e. The van der Waals surface area contributed by atoms with Crippen molar-refractivity contribution >= 4 is 27.5 Å². The Balaban J connectivity index is 2.90. The predicted molar refractivity (Wildman–Crippen MR) is 57.8 cm³/mol. The molecular weight excluding hydrogens is 244 g/mol. The molecule has 72 valence electrons. The Hall–Kier alpha value is -1.34. The largest absolute Gasteiger partial charge is 0.325 e. The van der Waals surface area contributed by atoms with E-state index in [0.29, 0.717) is 17.7 Å². The van der Waals surface area contributed by atoms with Gasteiger partial charge in [-0.3, -0.25) is 4.79 Å². The first-order chi connectivity index (χ1) is 6.67. The van der Waals surface area contributed by atoms with Gasteiger partial charge in [0.05, 0.1) is 17.3 Å². The monoisotopic (exact) mass is 252 g/mol. The molecule has 0 saturated carbocycles. The van der Waals surface area contributed by atoms with Gasteiger partial charge in [-0.2, -0.15) is 5.26 Å². The maximum absolute atomic E-state index is 11.1. The number of carbonyl (C=O) groups is 1. The maximum Gasteiger partial charge on any atom is 0.224 e. The molecule has 1 N–H and O–H groups in total. The number of anilines is 1. The van der Waals surface area contributed by atoms with Crippen LogP contribution in [-0.2, 0) is 4.79 Å². The number of carbonyl (C=O) groups excluding carboxylic acids is 1. The quantitative estimate of drug-likeness (QED) is 0.880. The molecule has 1 amide bonds. The van der Waals surface area contributed by atoms with Crippen LogP contribution in [0.2, 0.25) is 0 Å². The van der Waals surface area contributed by atoms with Crippen LogP contribution in [-0.4, -0.2) is 5.91 Å². The summed E-state index contributed by atoms with van der Waals surface area (Å²) in [5.41, 5.74) is 1.25. The van der Waals surface area contributed by atoms with Gasteiger partial charge in [-0.25, -0.2) is 0 Å². The Morgan fingerprint density at radius 2 is 2.36 bits per heavy atom. The number of nitrogens with one attached hydrogen (secondary N) is 1. The molecule has 0 saturated heterocycles. The van der Waals surface area contributed by atoms with Gasteiger partial charge in [-0.1, -0.05) is 6.92 Å². The highest BCUT2D eigenvalue weighted by atomic mass is 79.9. The third-order valence-corrected chi connectivity index (χ3v) is 2.35. The fourth-order valence-electron chi connectivity index (χ4n) is 0.925. The Morgan fingerprint density at radius 1 is 1.64 bits per heavy atom. The van der Waals surface area contributed by atoms with Gasteiger partial charge in [-0.05, 0) is 34.1 Å². The minimum absolute atomic E-state index is 0.0459. The van der Waals surface area contributed by atoms with Crippen molar-refractivity contribution < 1.29 is 4.79 Å². The van der Waals surface area contributed by atoms with Crippen molar-refractivity contribution in [3.63, 3.8) is 0 Å². The summed E-state index contributed by atoms with van der Waals surface area (Å²) in [4.78, 5) is 11.1. The van der Waals surface area contributed by atoms with Crippen molar-refractivity contribution in [1.82, 2.24) is 0 Å². The number of benzene rings is 1. The number of rotatable bonds is 2. The fourth-order valence-corrected chi connectivity index (χ4v) is 1.40. The Morgan fingerprint density at radius 3 is 2.86 bits per heavy atom. The van der Waals surface area contributed by atoms with Crippen molar-refractivity contribution in [3.05, 3.63) is 28.2 Å². The molecule has 0 aliphatic heterocycles. The highest BCUT2D eigenvalue weighted by Crippen LogP contribution is 2.23. The van der Waals surface area contributed by atoms with E-state index < -0.39 is 0 Å². The molecule has 1 rings (SSSR count). The van der Waals surface area contributed by atoms with Crippen molar-refractivity contribution in [2.45, 2.75) is 13.3 Å². The van der Waals surface area contributed by atoms with Gasteiger partial charge in [0.15, 0.2) is 0 Å². The maximum atomic E-state index is 11.1. The fraction of sp³-hybridized carbons (Fsp3) is 0.200. The summed E-state index contributed by atoms with van der Waals surface area (Å²) >= 11 is 3.28. The molecule has 0 atom stereocenters. The van der Waals surface area contributed by atoms with Crippen molar-refractivity contribution in [3.8, 4) is 6.07 Å². The minimum Gasteiger partial charge on any atom is -0.325 e. The molecule has 0 unspecified atom stereocenters. The number of nitriles is 1.